The highest BCUT2D eigenvalue weighted by atomic mass is 79.9. The number of quaternary nitrogens is 1. The molecule has 1 aliphatic rings. The van der Waals surface area contributed by atoms with Crippen LogP contribution in [0, 0.1) is 0 Å². The molecule has 0 radical (unpaired) electrons. The summed E-state index contributed by atoms with van der Waals surface area (Å²) in [5.74, 6) is 0. The molecule has 0 aromatic rings. The number of nitrogens with zero attached hydrogens (tertiary/aromatic N) is 1. The number of rotatable bonds is 9. The molecule has 102 valence electrons. The lowest BCUT2D eigenvalue weighted by Crippen LogP contribution is -3.07. The molecule has 1 heterocycles. The van der Waals surface area contributed by atoms with Gasteiger partial charge in [0.05, 0.1) is 12.7 Å². The third-order valence-corrected chi connectivity index (χ3v) is 3.29. The first-order chi connectivity index (χ1) is 7.86. The smallest absolute Gasteiger partial charge is 0.156 e. The molecule has 1 unspecified atom stereocenters. The van der Waals surface area contributed by atoms with Crippen LogP contribution < -0.4 is 21.9 Å². The minimum absolute atomic E-state index is 0. The van der Waals surface area contributed by atoms with Crippen LogP contribution in [-0.2, 0) is 0 Å². The largest absolute Gasteiger partial charge is 1.00 e. The first-order valence-electron chi connectivity index (χ1n) is 7.13. The highest BCUT2D eigenvalue weighted by Gasteiger charge is 2.14. The summed E-state index contributed by atoms with van der Waals surface area (Å²) in [6, 6.07) is 0. The van der Waals surface area contributed by atoms with Gasteiger partial charge in [-0.1, -0.05) is 39.5 Å². The summed E-state index contributed by atoms with van der Waals surface area (Å²) in [4.78, 5) is 4.08. The Morgan fingerprint density at radius 3 is 2.41 bits per heavy atom. The maximum Gasteiger partial charge on any atom is 0.156 e. The fraction of sp³-hybridized carbons (Fsp3) is 0.857. The molecule has 0 saturated carbocycles. The van der Waals surface area contributed by atoms with Gasteiger partial charge in [0.15, 0.2) is 6.67 Å². The van der Waals surface area contributed by atoms with Gasteiger partial charge in [-0.15, -0.1) is 0 Å². The fourth-order valence-corrected chi connectivity index (χ4v) is 2.31. The molecule has 0 fully saturated rings. The molecule has 0 aromatic heterocycles. The number of nitrogens with one attached hydrogen (secondary N) is 1. The fourth-order valence-electron chi connectivity index (χ4n) is 2.31. The lowest BCUT2D eigenvalue weighted by molar-refractivity contribution is -0.849. The van der Waals surface area contributed by atoms with Crippen molar-refractivity contribution in [1.82, 2.24) is 4.90 Å². The van der Waals surface area contributed by atoms with Crippen molar-refractivity contribution in [2.75, 3.05) is 19.8 Å². The van der Waals surface area contributed by atoms with Crippen molar-refractivity contribution in [3.63, 3.8) is 0 Å². The molecule has 1 aliphatic heterocycles. The predicted octanol–water partition coefficient (Wildman–Crippen LogP) is -0.610. The van der Waals surface area contributed by atoms with Gasteiger partial charge in [0.2, 0.25) is 0 Å². The molecular formula is C14H29BrN2. The standard InChI is InChI=1S/C14H28N2.BrH/c1-3-5-6-7-8-9-11-16-13-12-15(14-16)10-4-2;/h12-13H,3-11,14H2,1-2H3;1H. The van der Waals surface area contributed by atoms with Crippen LogP contribution in [0.1, 0.15) is 58.8 Å². The minimum Gasteiger partial charge on any atom is -1.00 e. The Labute approximate surface area is 118 Å². The van der Waals surface area contributed by atoms with Crippen LogP contribution in [0.5, 0.6) is 0 Å². The Morgan fingerprint density at radius 2 is 1.71 bits per heavy atom. The SMILES string of the molecule is CCCCCCCC[NH+]1C=CN(CCC)C1.[Br-]. The first-order valence-corrected chi connectivity index (χ1v) is 7.13. The molecule has 0 amide bonds. The van der Waals surface area contributed by atoms with E-state index in [0.717, 1.165) is 0 Å². The predicted molar refractivity (Wildman–Crippen MR) is 70.2 cm³/mol. The molecule has 0 saturated heterocycles. The Morgan fingerprint density at radius 1 is 1.00 bits per heavy atom. The highest BCUT2D eigenvalue weighted by molar-refractivity contribution is 4.77. The van der Waals surface area contributed by atoms with Gasteiger partial charge < -0.3 is 21.9 Å². The Kier molecular flexibility index (Phi) is 11.1. The zero-order valence-corrected chi connectivity index (χ0v) is 13.1. The Hall–Kier alpha value is -0.0200. The van der Waals surface area contributed by atoms with Crippen molar-refractivity contribution in [3.05, 3.63) is 12.4 Å². The van der Waals surface area contributed by atoms with Crippen molar-refractivity contribution < 1.29 is 21.9 Å². The zero-order valence-electron chi connectivity index (χ0n) is 11.6. The Bertz CT molecular complexity index is 195. The Balaban J connectivity index is 0.00000256. The summed E-state index contributed by atoms with van der Waals surface area (Å²) in [7, 11) is 0. The summed E-state index contributed by atoms with van der Waals surface area (Å²) in [6.07, 6.45) is 14.3. The van der Waals surface area contributed by atoms with Crippen LogP contribution in [0.4, 0.5) is 0 Å². The average Bonchev–Trinajstić information content (AvgIpc) is 2.72. The van der Waals surface area contributed by atoms with Crippen molar-refractivity contribution >= 4 is 0 Å². The third kappa shape index (κ3) is 7.82. The lowest BCUT2D eigenvalue weighted by Gasteiger charge is -2.15. The minimum atomic E-state index is 0. The molecule has 2 nitrogen and oxygen atoms in total. The highest BCUT2D eigenvalue weighted by Crippen LogP contribution is 2.03. The van der Waals surface area contributed by atoms with Crippen LogP contribution in [0.3, 0.4) is 0 Å². The normalized spacial score (nSPS) is 18.5. The van der Waals surface area contributed by atoms with Gasteiger partial charge in [-0.3, -0.25) is 4.90 Å². The number of halogens is 1. The molecule has 3 heteroatoms. The number of unbranched alkanes of at least 4 members (excludes halogenated alkanes) is 5. The van der Waals surface area contributed by atoms with Crippen molar-refractivity contribution in [2.24, 2.45) is 0 Å². The van der Waals surface area contributed by atoms with Crippen LogP contribution in [0.15, 0.2) is 12.4 Å². The second-order valence-corrected chi connectivity index (χ2v) is 4.96. The topological polar surface area (TPSA) is 7.68 Å². The van der Waals surface area contributed by atoms with Crippen molar-refractivity contribution in [2.45, 2.75) is 58.8 Å². The summed E-state index contributed by atoms with van der Waals surface area (Å²) >= 11 is 0. The molecule has 1 N–H and O–H groups in total. The summed E-state index contributed by atoms with van der Waals surface area (Å²) < 4.78 is 0. The molecule has 1 rings (SSSR count). The van der Waals surface area contributed by atoms with Crippen LogP contribution >= 0.6 is 0 Å². The average molecular weight is 305 g/mol. The lowest BCUT2D eigenvalue weighted by atomic mass is 10.1. The number of hydrogen-bond donors (Lipinski definition) is 1. The van der Waals surface area contributed by atoms with Crippen molar-refractivity contribution in [3.8, 4) is 0 Å². The number of hydrogen-bond acceptors (Lipinski definition) is 1. The van der Waals surface area contributed by atoms with Gasteiger partial charge in [0.25, 0.3) is 0 Å². The van der Waals surface area contributed by atoms with E-state index in [4.69, 9.17) is 0 Å². The maximum absolute atomic E-state index is 2.44. The van der Waals surface area contributed by atoms with E-state index in [0.29, 0.717) is 0 Å². The van der Waals surface area contributed by atoms with E-state index in [9.17, 15) is 0 Å². The second kappa shape index (κ2) is 11.1. The van der Waals surface area contributed by atoms with Gasteiger partial charge in [0, 0.05) is 6.54 Å². The molecule has 0 bridgehead atoms. The molecule has 0 spiro atoms. The van der Waals surface area contributed by atoms with Gasteiger partial charge in [-0.05, 0) is 19.3 Å². The zero-order chi connectivity index (χ0) is 11.6. The van der Waals surface area contributed by atoms with E-state index in [1.165, 1.54) is 64.7 Å². The van der Waals surface area contributed by atoms with Crippen LogP contribution in [-0.4, -0.2) is 24.7 Å². The summed E-state index contributed by atoms with van der Waals surface area (Å²) in [5.41, 5.74) is 0. The van der Waals surface area contributed by atoms with Crippen molar-refractivity contribution in [1.29, 1.82) is 0 Å². The molecule has 0 aromatic carbocycles. The molecule has 0 aliphatic carbocycles. The van der Waals surface area contributed by atoms with Gasteiger partial charge in [-0.25, -0.2) is 0 Å². The van der Waals surface area contributed by atoms with E-state index in [1.807, 2.05) is 0 Å². The van der Waals surface area contributed by atoms with Gasteiger partial charge in [0.1, 0.15) is 6.20 Å². The maximum atomic E-state index is 2.44. The van der Waals surface area contributed by atoms with E-state index in [2.05, 4.69) is 31.1 Å². The molecular weight excluding hydrogens is 276 g/mol. The first kappa shape index (κ1) is 17.0. The van der Waals surface area contributed by atoms with E-state index in [1.54, 1.807) is 4.90 Å². The van der Waals surface area contributed by atoms with Crippen LogP contribution in [0.2, 0.25) is 0 Å². The monoisotopic (exact) mass is 304 g/mol. The summed E-state index contributed by atoms with van der Waals surface area (Å²) in [5, 5.41) is 0. The van der Waals surface area contributed by atoms with Gasteiger partial charge >= 0.3 is 0 Å². The van der Waals surface area contributed by atoms with E-state index in [-0.39, 0.29) is 17.0 Å². The van der Waals surface area contributed by atoms with Gasteiger partial charge in [-0.2, -0.15) is 0 Å². The second-order valence-electron chi connectivity index (χ2n) is 4.96. The summed E-state index contributed by atoms with van der Waals surface area (Å²) in [6.45, 7) is 8.27. The molecule has 17 heavy (non-hydrogen) atoms. The third-order valence-electron chi connectivity index (χ3n) is 3.29. The van der Waals surface area contributed by atoms with Crippen LogP contribution in [0.25, 0.3) is 0 Å². The van der Waals surface area contributed by atoms with E-state index < -0.39 is 0 Å². The molecule has 1 atom stereocenters. The quantitative estimate of drug-likeness (QED) is 0.559. The van der Waals surface area contributed by atoms with E-state index >= 15 is 0 Å².